The van der Waals surface area contributed by atoms with Crippen LogP contribution in [0.4, 0.5) is 0 Å². The van der Waals surface area contributed by atoms with E-state index in [1.165, 1.54) is 6.42 Å². The highest BCUT2D eigenvalue weighted by Crippen LogP contribution is 2.20. The summed E-state index contributed by atoms with van der Waals surface area (Å²) in [5.74, 6) is 0. The molecule has 0 N–H and O–H groups in total. The van der Waals surface area contributed by atoms with Crippen LogP contribution in [0.3, 0.4) is 0 Å². The van der Waals surface area contributed by atoms with Crippen molar-refractivity contribution in [2.24, 2.45) is 0 Å². The molecule has 1 heterocycles. The molecule has 0 aliphatic carbocycles. The maximum absolute atomic E-state index is 5.47. The van der Waals surface area contributed by atoms with E-state index >= 15 is 0 Å². The fourth-order valence-electron chi connectivity index (χ4n) is 1.96. The fraction of sp³-hybridized carbons (Fsp3) is 0.800. The van der Waals surface area contributed by atoms with Crippen LogP contribution in [0.25, 0.3) is 0 Å². The van der Waals surface area contributed by atoms with E-state index in [1.54, 1.807) is 21.3 Å². The number of rotatable bonds is 5. The molecule has 88 valence electrons. The summed E-state index contributed by atoms with van der Waals surface area (Å²) in [6.07, 6.45) is 6.64. The third kappa shape index (κ3) is 2.60. The number of allylic oxidation sites excluding steroid dienone is 1. The molecule has 1 atom stereocenters. The molecule has 0 spiro atoms. The Morgan fingerprint density at radius 2 is 1.80 bits per heavy atom. The van der Waals surface area contributed by atoms with Gasteiger partial charge in [-0.15, -0.1) is 0 Å². The topological polar surface area (TPSA) is 30.9 Å². The molecule has 0 amide bonds. The SMILES string of the molecule is CO[Si](OC)(OC)C(C)N1C=CCCC1. The third-order valence-electron chi connectivity index (χ3n) is 2.95. The van der Waals surface area contributed by atoms with E-state index in [-0.39, 0.29) is 5.67 Å². The Labute approximate surface area is 93.2 Å². The highest BCUT2D eigenvalue weighted by Gasteiger charge is 2.47. The molecular formula is C10H21NO3Si. The van der Waals surface area contributed by atoms with Crippen LogP contribution in [0.5, 0.6) is 0 Å². The van der Waals surface area contributed by atoms with E-state index in [1.807, 2.05) is 0 Å². The molecule has 0 saturated carbocycles. The average Bonchev–Trinajstić information content (AvgIpc) is 2.33. The number of hydrogen-bond donors (Lipinski definition) is 0. The first-order valence-corrected chi connectivity index (χ1v) is 7.08. The molecule has 0 aromatic carbocycles. The van der Waals surface area contributed by atoms with Crippen LogP contribution < -0.4 is 0 Å². The first-order chi connectivity index (χ1) is 7.20. The minimum atomic E-state index is -2.53. The molecule has 0 fully saturated rings. The molecule has 0 aromatic heterocycles. The summed E-state index contributed by atoms with van der Waals surface area (Å²) in [6.45, 7) is 3.14. The minimum Gasteiger partial charge on any atom is -0.376 e. The lowest BCUT2D eigenvalue weighted by atomic mass is 10.2. The van der Waals surface area contributed by atoms with Crippen molar-refractivity contribution in [2.75, 3.05) is 27.9 Å². The van der Waals surface area contributed by atoms with Crippen molar-refractivity contribution < 1.29 is 13.3 Å². The molecule has 1 aliphatic rings. The van der Waals surface area contributed by atoms with E-state index in [2.05, 4.69) is 24.1 Å². The average molecular weight is 231 g/mol. The maximum atomic E-state index is 5.47. The van der Waals surface area contributed by atoms with Crippen LogP contribution in [0.1, 0.15) is 19.8 Å². The van der Waals surface area contributed by atoms with Crippen LogP contribution in [-0.2, 0) is 13.3 Å². The molecule has 0 radical (unpaired) electrons. The Balaban J connectivity index is 2.74. The van der Waals surface area contributed by atoms with Gasteiger partial charge in [-0.2, -0.15) is 0 Å². The van der Waals surface area contributed by atoms with E-state index in [0.29, 0.717) is 0 Å². The van der Waals surface area contributed by atoms with Gasteiger partial charge in [0.2, 0.25) is 0 Å². The third-order valence-corrected chi connectivity index (χ3v) is 6.01. The molecule has 1 rings (SSSR count). The smallest absolute Gasteiger partial charge is 0.376 e. The molecule has 15 heavy (non-hydrogen) atoms. The molecule has 0 bridgehead atoms. The summed E-state index contributed by atoms with van der Waals surface area (Å²) >= 11 is 0. The van der Waals surface area contributed by atoms with Gasteiger partial charge in [0, 0.05) is 27.9 Å². The summed E-state index contributed by atoms with van der Waals surface area (Å²) in [7, 11) is 2.43. The highest BCUT2D eigenvalue weighted by atomic mass is 28.4. The van der Waals surface area contributed by atoms with E-state index in [9.17, 15) is 0 Å². The largest absolute Gasteiger partial charge is 0.523 e. The summed E-state index contributed by atoms with van der Waals surface area (Å²) in [6, 6.07) is 0. The predicted octanol–water partition coefficient (Wildman–Crippen LogP) is 1.40. The molecule has 4 nitrogen and oxygen atoms in total. The second-order valence-electron chi connectivity index (χ2n) is 3.66. The van der Waals surface area contributed by atoms with Gasteiger partial charge < -0.3 is 18.2 Å². The van der Waals surface area contributed by atoms with Crippen LogP contribution in [0.2, 0.25) is 0 Å². The maximum Gasteiger partial charge on any atom is 0.523 e. The van der Waals surface area contributed by atoms with E-state index in [0.717, 1.165) is 13.0 Å². The van der Waals surface area contributed by atoms with Gasteiger partial charge in [0.1, 0.15) is 0 Å². The zero-order valence-electron chi connectivity index (χ0n) is 10.0. The lowest BCUT2D eigenvalue weighted by Crippen LogP contribution is -2.59. The lowest BCUT2D eigenvalue weighted by Gasteiger charge is -2.38. The molecule has 5 heteroatoms. The summed E-state index contributed by atoms with van der Waals surface area (Å²) in [5.41, 5.74) is 0.161. The van der Waals surface area contributed by atoms with Crippen LogP contribution in [0.15, 0.2) is 12.3 Å². The highest BCUT2D eigenvalue weighted by molar-refractivity contribution is 6.62. The Bertz CT molecular complexity index is 210. The van der Waals surface area contributed by atoms with Gasteiger partial charge in [0.05, 0.1) is 5.67 Å². The van der Waals surface area contributed by atoms with Crippen molar-refractivity contribution in [3.8, 4) is 0 Å². The van der Waals surface area contributed by atoms with Gasteiger partial charge in [-0.25, -0.2) is 0 Å². The van der Waals surface area contributed by atoms with Gasteiger partial charge >= 0.3 is 8.80 Å². The first kappa shape index (κ1) is 12.7. The lowest BCUT2D eigenvalue weighted by molar-refractivity contribution is 0.0893. The second-order valence-corrected chi connectivity index (χ2v) is 6.92. The standard InChI is InChI=1S/C10H21NO3Si/c1-10(11-8-6-5-7-9-11)15(12-2,13-3)14-4/h6,8,10H,5,7,9H2,1-4H3. The van der Waals surface area contributed by atoms with Crippen molar-refractivity contribution in [1.29, 1.82) is 0 Å². The van der Waals surface area contributed by atoms with E-state index in [4.69, 9.17) is 13.3 Å². The second kappa shape index (κ2) is 5.65. The first-order valence-electron chi connectivity index (χ1n) is 5.28. The number of nitrogens with zero attached hydrogens (tertiary/aromatic N) is 1. The minimum absolute atomic E-state index is 0.161. The fourth-order valence-corrected chi connectivity index (χ4v) is 4.11. The Hall–Kier alpha value is -0.363. The Kier molecular flexibility index (Phi) is 4.78. The van der Waals surface area contributed by atoms with Crippen molar-refractivity contribution in [1.82, 2.24) is 4.90 Å². The molecular weight excluding hydrogens is 210 g/mol. The normalized spacial score (nSPS) is 19.3. The van der Waals surface area contributed by atoms with Gasteiger partial charge in [-0.05, 0) is 26.0 Å². The molecule has 1 aliphatic heterocycles. The van der Waals surface area contributed by atoms with Crippen LogP contribution in [0, 0.1) is 0 Å². The molecule has 0 saturated heterocycles. The predicted molar refractivity (Wildman–Crippen MR) is 61.3 cm³/mol. The summed E-state index contributed by atoms with van der Waals surface area (Å²) in [5, 5.41) is 0. The van der Waals surface area contributed by atoms with Crippen LogP contribution >= 0.6 is 0 Å². The van der Waals surface area contributed by atoms with Gasteiger partial charge in [-0.3, -0.25) is 0 Å². The summed E-state index contributed by atoms with van der Waals surface area (Å²) in [4.78, 5) is 2.24. The zero-order valence-corrected chi connectivity index (χ0v) is 11.0. The van der Waals surface area contributed by atoms with E-state index < -0.39 is 8.80 Å². The summed E-state index contributed by atoms with van der Waals surface area (Å²) < 4.78 is 16.4. The van der Waals surface area contributed by atoms with Crippen molar-refractivity contribution in [3.63, 3.8) is 0 Å². The quantitative estimate of drug-likeness (QED) is 0.669. The van der Waals surface area contributed by atoms with Gasteiger partial charge in [0.15, 0.2) is 0 Å². The molecule has 1 unspecified atom stereocenters. The van der Waals surface area contributed by atoms with Crippen molar-refractivity contribution >= 4 is 8.80 Å². The molecule has 0 aromatic rings. The van der Waals surface area contributed by atoms with Gasteiger partial charge in [-0.1, -0.05) is 6.08 Å². The van der Waals surface area contributed by atoms with Gasteiger partial charge in [0.25, 0.3) is 0 Å². The zero-order chi connectivity index (χ0) is 11.3. The Morgan fingerprint density at radius 3 is 2.20 bits per heavy atom. The Morgan fingerprint density at radius 1 is 1.20 bits per heavy atom. The van der Waals surface area contributed by atoms with Crippen LogP contribution in [-0.4, -0.2) is 47.2 Å². The van der Waals surface area contributed by atoms with Crippen molar-refractivity contribution in [2.45, 2.75) is 25.4 Å². The van der Waals surface area contributed by atoms with Crippen molar-refractivity contribution in [3.05, 3.63) is 12.3 Å². The number of hydrogen-bond acceptors (Lipinski definition) is 4. The monoisotopic (exact) mass is 231 g/mol.